The SMILES string of the molecule is O=C(CN1CSCC1=O)Oc1ccc(Br)cc1Cl. The number of rotatable bonds is 3. The molecule has 0 aliphatic carbocycles. The molecule has 0 spiro atoms. The molecule has 0 radical (unpaired) electrons. The highest BCUT2D eigenvalue weighted by molar-refractivity contribution is 9.10. The van der Waals surface area contributed by atoms with Crippen LogP contribution in [-0.2, 0) is 9.59 Å². The molecular formula is C11H9BrClNO3S. The molecule has 7 heteroatoms. The summed E-state index contributed by atoms with van der Waals surface area (Å²) in [6.07, 6.45) is 0. The molecule has 1 heterocycles. The van der Waals surface area contributed by atoms with Gasteiger partial charge in [-0.1, -0.05) is 27.5 Å². The lowest BCUT2D eigenvalue weighted by Crippen LogP contribution is -2.33. The lowest BCUT2D eigenvalue weighted by molar-refractivity contribution is -0.140. The van der Waals surface area contributed by atoms with Crippen molar-refractivity contribution in [3.05, 3.63) is 27.7 Å². The van der Waals surface area contributed by atoms with Gasteiger partial charge in [0.05, 0.1) is 16.7 Å². The number of benzene rings is 1. The number of amides is 1. The van der Waals surface area contributed by atoms with Crippen LogP contribution in [0, 0.1) is 0 Å². The minimum Gasteiger partial charge on any atom is -0.424 e. The van der Waals surface area contributed by atoms with Crippen LogP contribution in [0.25, 0.3) is 0 Å². The van der Waals surface area contributed by atoms with Crippen LogP contribution in [0.1, 0.15) is 0 Å². The number of hydrogen-bond acceptors (Lipinski definition) is 4. The van der Waals surface area contributed by atoms with Gasteiger partial charge in [-0.25, -0.2) is 4.79 Å². The fraction of sp³-hybridized carbons (Fsp3) is 0.273. The van der Waals surface area contributed by atoms with Gasteiger partial charge in [-0.3, -0.25) is 4.79 Å². The van der Waals surface area contributed by atoms with Crippen molar-refractivity contribution in [1.29, 1.82) is 0 Å². The van der Waals surface area contributed by atoms with Crippen LogP contribution < -0.4 is 4.74 Å². The van der Waals surface area contributed by atoms with Crippen molar-refractivity contribution in [2.24, 2.45) is 0 Å². The fourth-order valence-electron chi connectivity index (χ4n) is 1.41. The minimum atomic E-state index is -0.491. The summed E-state index contributed by atoms with van der Waals surface area (Å²) in [7, 11) is 0. The predicted molar refractivity (Wildman–Crippen MR) is 73.8 cm³/mol. The third-order valence-electron chi connectivity index (χ3n) is 2.26. The normalized spacial score (nSPS) is 15.0. The minimum absolute atomic E-state index is 0.0427. The maximum absolute atomic E-state index is 11.7. The molecule has 0 atom stereocenters. The maximum atomic E-state index is 11.7. The molecule has 18 heavy (non-hydrogen) atoms. The van der Waals surface area contributed by atoms with E-state index in [9.17, 15) is 9.59 Å². The summed E-state index contributed by atoms with van der Waals surface area (Å²) < 4.78 is 5.92. The number of esters is 1. The van der Waals surface area contributed by atoms with Gasteiger partial charge in [0, 0.05) is 4.47 Å². The standard InChI is InChI=1S/C11H9BrClNO3S/c12-7-1-2-9(8(13)3-7)17-11(16)4-14-6-18-5-10(14)15/h1-3H,4-6H2. The molecule has 1 aromatic carbocycles. The van der Waals surface area contributed by atoms with Gasteiger partial charge in [0.25, 0.3) is 0 Å². The lowest BCUT2D eigenvalue weighted by Gasteiger charge is -2.13. The van der Waals surface area contributed by atoms with E-state index in [1.807, 2.05) is 0 Å². The average Bonchev–Trinajstić information content (AvgIpc) is 2.69. The number of ether oxygens (including phenoxy) is 1. The van der Waals surface area contributed by atoms with Crippen LogP contribution in [0.15, 0.2) is 22.7 Å². The van der Waals surface area contributed by atoms with Crippen LogP contribution in [-0.4, -0.2) is 35.0 Å². The van der Waals surface area contributed by atoms with Gasteiger partial charge in [-0.15, -0.1) is 11.8 Å². The Morgan fingerprint density at radius 1 is 1.56 bits per heavy atom. The van der Waals surface area contributed by atoms with E-state index in [0.29, 0.717) is 22.4 Å². The lowest BCUT2D eigenvalue weighted by atomic mass is 10.3. The Morgan fingerprint density at radius 2 is 2.33 bits per heavy atom. The largest absolute Gasteiger partial charge is 0.424 e. The zero-order chi connectivity index (χ0) is 13.1. The Hall–Kier alpha value is -0.720. The van der Waals surface area contributed by atoms with Crippen molar-refractivity contribution < 1.29 is 14.3 Å². The van der Waals surface area contributed by atoms with Crippen molar-refractivity contribution in [3.8, 4) is 5.75 Å². The van der Waals surface area contributed by atoms with Crippen molar-refractivity contribution in [1.82, 2.24) is 4.90 Å². The number of halogens is 2. The summed E-state index contributed by atoms with van der Waals surface area (Å²) in [5.41, 5.74) is 0. The van der Waals surface area contributed by atoms with Gasteiger partial charge in [0.2, 0.25) is 5.91 Å². The monoisotopic (exact) mass is 349 g/mol. The molecule has 1 fully saturated rings. The molecule has 0 unspecified atom stereocenters. The second kappa shape index (κ2) is 5.95. The van der Waals surface area contributed by atoms with Crippen LogP contribution in [0.5, 0.6) is 5.75 Å². The van der Waals surface area contributed by atoms with Gasteiger partial charge < -0.3 is 9.64 Å². The Balaban J connectivity index is 1.96. The zero-order valence-electron chi connectivity index (χ0n) is 9.19. The number of hydrogen-bond donors (Lipinski definition) is 0. The maximum Gasteiger partial charge on any atom is 0.331 e. The van der Waals surface area contributed by atoms with E-state index in [1.54, 1.807) is 18.2 Å². The predicted octanol–water partition coefficient (Wildman–Crippen LogP) is 2.54. The highest BCUT2D eigenvalue weighted by atomic mass is 79.9. The summed E-state index contributed by atoms with van der Waals surface area (Å²) in [6, 6.07) is 4.97. The van der Waals surface area contributed by atoms with Gasteiger partial charge >= 0.3 is 5.97 Å². The highest BCUT2D eigenvalue weighted by Crippen LogP contribution is 2.28. The van der Waals surface area contributed by atoms with E-state index in [4.69, 9.17) is 16.3 Å². The molecule has 0 saturated carbocycles. The quantitative estimate of drug-likeness (QED) is 0.621. The van der Waals surface area contributed by atoms with E-state index in [0.717, 1.165) is 4.47 Å². The number of carbonyl (C=O) groups is 2. The number of thioether (sulfide) groups is 1. The molecule has 1 amide bonds. The Morgan fingerprint density at radius 3 is 2.94 bits per heavy atom. The molecule has 96 valence electrons. The smallest absolute Gasteiger partial charge is 0.331 e. The third-order valence-corrected chi connectivity index (χ3v) is 4.00. The first-order chi connectivity index (χ1) is 8.56. The van der Waals surface area contributed by atoms with Crippen molar-refractivity contribution in [3.63, 3.8) is 0 Å². The highest BCUT2D eigenvalue weighted by Gasteiger charge is 2.24. The first-order valence-corrected chi connectivity index (χ1v) is 7.40. The molecule has 1 saturated heterocycles. The van der Waals surface area contributed by atoms with Crippen molar-refractivity contribution >= 4 is 51.2 Å². The van der Waals surface area contributed by atoms with E-state index < -0.39 is 5.97 Å². The van der Waals surface area contributed by atoms with Crippen LogP contribution >= 0.6 is 39.3 Å². The topological polar surface area (TPSA) is 46.6 Å². The van der Waals surface area contributed by atoms with Crippen LogP contribution in [0.2, 0.25) is 5.02 Å². The molecule has 4 nitrogen and oxygen atoms in total. The summed E-state index contributed by atoms with van der Waals surface area (Å²) in [5.74, 6) is 0.715. The van der Waals surface area contributed by atoms with Crippen molar-refractivity contribution in [2.75, 3.05) is 18.2 Å². The molecule has 1 aliphatic heterocycles. The van der Waals surface area contributed by atoms with Crippen LogP contribution in [0.3, 0.4) is 0 Å². The molecule has 1 aliphatic rings. The summed E-state index contributed by atoms with van der Waals surface area (Å²) in [4.78, 5) is 24.5. The Kier molecular flexibility index (Phi) is 4.53. The molecule has 1 aromatic rings. The van der Waals surface area contributed by atoms with Gasteiger partial charge in [-0.2, -0.15) is 0 Å². The molecule has 0 aromatic heterocycles. The van der Waals surface area contributed by atoms with Crippen molar-refractivity contribution in [2.45, 2.75) is 0 Å². The van der Waals surface area contributed by atoms with E-state index in [-0.39, 0.29) is 12.5 Å². The van der Waals surface area contributed by atoms with Gasteiger partial charge in [-0.05, 0) is 18.2 Å². The summed E-state index contributed by atoms with van der Waals surface area (Å²) in [6.45, 7) is -0.0434. The van der Waals surface area contributed by atoms with E-state index in [1.165, 1.54) is 16.7 Å². The molecule has 2 rings (SSSR count). The fourth-order valence-corrected chi connectivity index (χ4v) is 3.03. The van der Waals surface area contributed by atoms with E-state index in [2.05, 4.69) is 15.9 Å². The zero-order valence-corrected chi connectivity index (χ0v) is 12.3. The third kappa shape index (κ3) is 3.40. The Labute approximate surface area is 122 Å². The van der Waals surface area contributed by atoms with Crippen LogP contribution in [0.4, 0.5) is 0 Å². The first kappa shape index (κ1) is 13.7. The molecule has 0 bridgehead atoms. The summed E-state index contributed by atoms with van der Waals surface area (Å²) >= 11 is 10.7. The van der Waals surface area contributed by atoms with E-state index >= 15 is 0 Å². The van der Waals surface area contributed by atoms with Gasteiger partial charge in [0.1, 0.15) is 12.3 Å². The molecular weight excluding hydrogens is 342 g/mol. The van der Waals surface area contributed by atoms with Gasteiger partial charge in [0.15, 0.2) is 0 Å². The Bertz CT molecular complexity index is 497. The first-order valence-electron chi connectivity index (χ1n) is 5.07. The second-order valence-electron chi connectivity index (χ2n) is 3.62. The number of carbonyl (C=O) groups excluding carboxylic acids is 2. The second-order valence-corrected chi connectivity index (χ2v) is 5.90. The summed E-state index contributed by atoms with van der Waals surface area (Å²) in [5, 5.41) is 0.347. The average molecular weight is 351 g/mol. The number of nitrogens with zero attached hydrogens (tertiary/aromatic N) is 1. The molecule has 0 N–H and O–H groups in total.